The van der Waals surface area contributed by atoms with E-state index in [1.165, 1.54) is 0 Å². The van der Waals surface area contributed by atoms with Gasteiger partial charge in [0.1, 0.15) is 13.2 Å². The third kappa shape index (κ3) is 14.6. The van der Waals surface area contributed by atoms with Crippen molar-refractivity contribution in [3.05, 3.63) is 18.2 Å². The molecule has 1 rings (SSSR count). The molecule has 0 aliphatic heterocycles. The number of nitrogens with one attached hydrogen (secondary N) is 1. The topological polar surface area (TPSA) is 107 Å². The summed E-state index contributed by atoms with van der Waals surface area (Å²) in [5, 5.41) is 0. The average molecular weight is 294 g/mol. The number of rotatable bonds is 5. The van der Waals surface area contributed by atoms with E-state index in [9.17, 15) is 4.79 Å². The fourth-order valence-electron chi connectivity index (χ4n) is 0.996. The third-order valence-corrected chi connectivity index (χ3v) is 1.96. The highest BCUT2D eigenvalue weighted by molar-refractivity contribution is 5.64. The number of H-pyrrole nitrogens is 1. The molecule has 5 N–H and O–H groups in total. The highest BCUT2D eigenvalue weighted by atomic mass is 35.5. The van der Waals surface area contributed by atoms with Gasteiger partial charge in [-0.1, -0.05) is 0 Å². The lowest BCUT2D eigenvalue weighted by molar-refractivity contribution is -0.870. The van der Waals surface area contributed by atoms with Gasteiger partial charge in [0.05, 0.1) is 33.2 Å². The molecule has 0 radical (unpaired) electrons. The fourth-order valence-corrected chi connectivity index (χ4v) is 0.996. The van der Waals surface area contributed by atoms with Crippen LogP contribution in [0.1, 0.15) is 5.69 Å². The zero-order valence-electron chi connectivity index (χ0n) is 11.7. The number of carbonyl (C=O) groups excluding carboxylic acids is 1. The van der Waals surface area contributed by atoms with E-state index >= 15 is 0 Å². The van der Waals surface area contributed by atoms with E-state index in [1.54, 1.807) is 6.33 Å². The van der Waals surface area contributed by atoms with Crippen molar-refractivity contribution in [1.29, 1.82) is 0 Å². The van der Waals surface area contributed by atoms with Gasteiger partial charge in [0, 0.05) is 12.6 Å². The van der Waals surface area contributed by atoms with Crippen LogP contribution in [0.4, 0.5) is 4.79 Å². The van der Waals surface area contributed by atoms with Crippen LogP contribution >= 0.6 is 0 Å². The maximum Gasteiger partial charge on any atom is 0.404 e. The van der Waals surface area contributed by atoms with E-state index in [-0.39, 0.29) is 12.4 Å². The molecule has 0 spiro atoms. The second-order valence-corrected chi connectivity index (χ2v) is 4.78. The molecule has 0 atom stereocenters. The van der Waals surface area contributed by atoms with E-state index in [4.69, 9.17) is 11.5 Å². The molecule has 0 fully saturated rings. The van der Waals surface area contributed by atoms with Crippen molar-refractivity contribution in [2.45, 2.75) is 6.42 Å². The molecule has 7 nitrogen and oxygen atoms in total. The predicted octanol–water partition coefficient (Wildman–Crippen LogP) is -3.30. The smallest absolute Gasteiger partial charge is 0.404 e. The Kier molecular flexibility index (Phi) is 11.2. The first-order valence-corrected chi connectivity index (χ1v) is 5.75. The Balaban J connectivity index is 0. The van der Waals surface area contributed by atoms with E-state index in [0.29, 0.717) is 13.2 Å². The van der Waals surface area contributed by atoms with Gasteiger partial charge in [-0.05, 0) is 6.54 Å². The van der Waals surface area contributed by atoms with E-state index < -0.39 is 6.09 Å². The fraction of sp³-hybridized carbons (Fsp3) is 0.636. The number of carbonyl (C=O) groups is 1. The van der Waals surface area contributed by atoms with Crippen molar-refractivity contribution in [2.24, 2.45) is 11.5 Å². The van der Waals surface area contributed by atoms with Crippen LogP contribution < -0.4 is 23.9 Å². The summed E-state index contributed by atoms with van der Waals surface area (Å²) in [6.45, 7) is 1.84. The number of ether oxygens (including phenoxy) is 1. The molecular formula is C11H24ClN5O2. The zero-order chi connectivity index (χ0) is 14.0. The number of imidazole rings is 1. The molecule has 1 aromatic rings. The average Bonchev–Trinajstić information content (AvgIpc) is 2.69. The van der Waals surface area contributed by atoms with Crippen LogP contribution in [0.2, 0.25) is 0 Å². The lowest BCUT2D eigenvalue weighted by Crippen LogP contribution is -3.00. The summed E-state index contributed by atoms with van der Waals surface area (Å²) in [5.41, 5.74) is 11.1. The second kappa shape index (κ2) is 10.6. The Morgan fingerprint density at radius 3 is 2.47 bits per heavy atom. The molecule has 8 heteroatoms. The van der Waals surface area contributed by atoms with E-state index in [2.05, 4.69) is 14.7 Å². The number of nitrogens with two attached hydrogens (primary N) is 2. The van der Waals surface area contributed by atoms with Gasteiger partial charge in [0.2, 0.25) is 0 Å². The minimum atomic E-state index is -0.701. The number of aromatic amines is 1. The number of hydrogen-bond donors (Lipinski definition) is 3. The lowest BCUT2D eigenvalue weighted by Gasteiger charge is -2.22. The van der Waals surface area contributed by atoms with Gasteiger partial charge < -0.3 is 38.1 Å². The summed E-state index contributed by atoms with van der Waals surface area (Å²) in [6.07, 6.45) is 3.68. The minimum absolute atomic E-state index is 0. The van der Waals surface area contributed by atoms with Gasteiger partial charge in [-0.2, -0.15) is 0 Å². The van der Waals surface area contributed by atoms with Gasteiger partial charge >= 0.3 is 6.09 Å². The van der Waals surface area contributed by atoms with Gasteiger partial charge in [-0.3, -0.25) is 0 Å². The van der Waals surface area contributed by atoms with Crippen molar-refractivity contribution < 1.29 is 26.4 Å². The highest BCUT2D eigenvalue weighted by Gasteiger charge is 2.06. The standard InChI is InChI=1S/C6H14N2O2.C5H9N3.ClH/c1-8(2,3)4-5-10-6(7)9;6-2-1-5-3-7-4-8-5;/h4-5H2,1-3H3,(H-,7,9);3-4H,1-2,6H2,(H,7,8);1H. The Hall–Kier alpha value is -1.31. The Morgan fingerprint density at radius 1 is 1.47 bits per heavy atom. The monoisotopic (exact) mass is 293 g/mol. The summed E-state index contributed by atoms with van der Waals surface area (Å²) in [7, 11) is 6.05. The van der Waals surface area contributed by atoms with Gasteiger partial charge in [-0.15, -0.1) is 0 Å². The van der Waals surface area contributed by atoms with Gasteiger partial charge in [-0.25, -0.2) is 9.78 Å². The van der Waals surface area contributed by atoms with Crippen molar-refractivity contribution >= 4 is 6.09 Å². The molecule has 0 aliphatic carbocycles. The van der Waals surface area contributed by atoms with Crippen LogP contribution in [0.25, 0.3) is 0 Å². The number of likely N-dealkylation sites (N-methyl/N-ethyl adjacent to an activating group) is 1. The molecule has 1 amide bonds. The number of amides is 1. The SMILES string of the molecule is C[N+](C)(C)CCOC(N)=O.NCCc1c[nH]cn1.[Cl-]. The third-order valence-electron chi connectivity index (χ3n) is 1.96. The molecular weight excluding hydrogens is 270 g/mol. The molecule has 1 aromatic heterocycles. The van der Waals surface area contributed by atoms with Crippen molar-refractivity contribution in [1.82, 2.24) is 9.97 Å². The molecule has 112 valence electrons. The first-order valence-electron chi connectivity index (χ1n) is 5.75. The molecule has 0 aromatic carbocycles. The van der Waals surface area contributed by atoms with Gasteiger partial charge in [0.15, 0.2) is 0 Å². The summed E-state index contributed by atoms with van der Waals surface area (Å²) in [5.74, 6) is 0. The zero-order valence-corrected chi connectivity index (χ0v) is 12.5. The highest BCUT2D eigenvalue weighted by Crippen LogP contribution is 1.89. The largest absolute Gasteiger partial charge is 1.00 e. The summed E-state index contributed by atoms with van der Waals surface area (Å²) < 4.78 is 5.31. The normalized spacial score (nSPS) is 9.89. The Labute approximate surface area is 120 Å². The predicted molar refractivity (Wildman–Crippen MR) is 69.8 cm³/mol. The number of halogens is 1. The summed E-state index contributed by atoms with van der Waals surface area (Å²) in [6, 6.07) is 0. The number of hydrogen-bond acceptors (Lipinski definition) is 4. The molecule has 19 heavy (non-hydrogen) atoms. The molecule has 0 aliphatic rings. The second-order valence-electron chi connectivity index (χ2n) is 4.78. The minimum Gasteiger partial charge on any atom is -1.00 e. The molecule has 0 saturated carbocycles. The molecule has 0 bridgehead atoms. The van der Waals surface area contributed by atoms with Crippen LogP contribution in [0.3, 0.4) is 0 Å². The summed E-state index contributed by atoms with van der Waals surface area (Å²) in [4.78, 5) is 16.9. The Morgan fingerprint density at radius 2 is 2.11 bits per heavy atom. The number of aromatic nitrogens is 2. The van der Waals surface area contributed by atoms with E-state index in [1.807, 2.05) is 27.3 Å². The molecule has 1 heterocycles. The molecule has 0 unspecified atom stereocenters. The number of nitrogens with zero attached hydrogens (tertiary/aromatic N) is 2. The van der Waals surface area contributed by atoms with Crippen LogP contribution in [0, 0.1) is 0 Å². The lowest BCUT2D eigenvalue weighted by atomic mass is 10.3. The van der Waals surface area contributed by atoms with Crippen molar-refractivity contribution in [3.8, 4) is 0 Å². The molecule has 0 saturated heterocycles. The van der Waals surface area contributed by atoms with Crippen LogP contribution in [-0.2, 0) is 11.2 Å². The first kappa shape index (κ1) is 20.0. The number of primary amides is 1. The van der Waals surface area contributed by atoms with Crippen LogP contribution in [-0.4, -0.2) is 61.4 Å². The van der Waals surface area contributed by atoms with Gasteiger partial charge in [0.25, 0.3) is 0 Å². The van der Waals surface area contributed by atoms with Crippen LogP contribution in [0.15, 0.2) is 12.5 Å². The maximum absolute atomic E-state index is 10.1. The quantitative estimate of drug-likeness (QED) is 0.494. The first-order chi connectivity index (χ1) is 8.35. The van der Waals surface area contributed by atoms with Crippen LogP contribution in [0.5, 0.6) is 0 Å². The van der Waals surface area contributed by atoms with Crippen molar-refractivity contribution in [2.75, 3.05) is 40.8 Å². The summed E-state index contributed by atoms with van der Waals surface area (Å²) >= 11 is 0. The van der Waals surface area contributed by atoms with Crippen molar-refractivity contribution in [3.63, 3.8) is 0 Å². The van der Waals surface area contributed by atoms with E-state index in [0.717, 1.165) is 23.1 Å². The Bertz CT molecular complexity index is 324. The maximum atomic E-state index is 10.1. The number of quaternary nitrogens is 1.